The van der Waals surface area contributed by atoms with Crippen molar-refractivity contribution >= 4 is 23.2 Å². The van der Waals surface area contributed by atoms with E-state index in [1.807, 2.05) is 0 Å². The lowest BCUT2D eigenvalue weighted by molar-refractivity contribution is 0.0996. The van der Waals surface area contributed by atoms with Crippen molar-refractivity contribution in [3.05, 3.63) is 52.7 Å². The van der Waals surface area contributed by atoms with Crippen molar-refractivity contribution in [3.8, 4) is 0 Å². The molecule has 2 rings (SSSR count). The van der Waals surface area contributed by atoms with Crippen LogP contribution in [0.25, 0.3) is 0 Å². The summed E-state index contributed by atoms with van der Waals surface area (Å²) in [7, 11) is 0. The third kappa shape index (κ3) is 2.65. The van der Waals surface area contributed by atoms with Gasteiger partial charge in [0, 0.05) is 0 Å². The molecule has 0 unspecified atom stereocenters. The molecule has 1 amide bonds. The zero-order valence-corrected chi connectivity index (χ0v) is 9.72. The van der Waals surface area contributed by atoms with Crippen LogP contribution in [0.3, 0.4) is 0 Å². The van der Waals surface area contributed by atoms with E-state index in [-0.39, 0.29) is 16.7 Å². The van der Waals surface area contributed by atoms with Crippen molar-refractivity contribution in [2.24, 2.45) is 0 Å². The number of carbonyl (C=O) groups excluding carboxylic acids is 1. The van der Waals surface area contributed by atoms with Gasteiger partial charge in [0.05, 0.1) is 5.69 Å². The third-order valence-electron chi connectivity index (χ3n) is 2.17. The molecule has 0 saturated carbocycles. The minimum Gasteiger partial charge on any atom is -0.440 e. The minimum atomic E-state index is -0.540. The predicted octanol–water partition coefficient (Wildman–Crippen LogP) is 3.63. The lowest BCUT2D eigenvalue weighted by Crippen LogP contribution is -2.12. The second-order valence-electron chi connectivity index (χ2n) is 3.54. The maximum atomic E-state index is 13.4. The molecule has 0 aliphatic heterocycles. The summed E-state index contributed by atoms with van der Waals surface area (Å²) in [6, 6.07) is 7.32. The van der Waals surface area contributed by atoms with Gasteiger partial charge in [-0.15, -0.1) is 0 Å². The van der Waals surface area contributed by atoms with Crippen LogP contribution in [0.2, 0.25) is 5.22 Å². The number of benzene rings is 1. The molecule has 0 aliphatic carbocycles. The number of nitrogens with one attached hydrogen (secondary N) is 1. The van der Waals surface area contributed by atoms with Crippen LogP contribution in [0.5, 0.6) is 0 Å². The van der Waals surface area contributed by atoms with Gasteiger partial charge in [0.2, 0.25) is 0 Å². The number of hydrogen-bond donors (Lipinski definition) is 1. The van der Waals surface area contributed by atoms with E-state index >= 15 is 0 Å². The molecule has 5 heteroatoms. The lowest BCUT2D eigenvalue weighted by atomic mass is 10.2. The van der Waals surface area contributed by atoms with Crippen LogP contribution >= 0.6 is 11.6 Å². The topological polar surface area (TPSA) is 42.2 Å². The standard InChI is InChI=1S/C12H9ClFNO2/c1-7-2-3-8(14)9(6-7)15-12(16)10-4-5-11(13)17-10/h2-6H,1H3,(H,15,16). The van der Waals surface area contributed by atoms with Crippen LogP contribution in [-0.2, 0) is 0 Å². The van der Waals surface area contributed by atoms with Gasteiger partial charge in [-0.1, -0.05) is 6.07 Å². The molecule has 88 valence electrons. The number of carbonyl (C=O) groups is 1. The molecule has 0 atom stereocenters. The Balaban J connectivity index is 2.21. The summed E-state index contributed by atoms with van der Waals surface area (Å²) in [6.45, 7) is 1.80. The van der Waals surface area contributed by atoms with E-state index in [0.717, 1.165) is 5.56 Å². The van der Waals surface area contributed by atoms with Gasteiger partial charge in [0.15, 0.2) is 11.0 Å². The normalized spacial score (nSPS) is 10.3. The summed E-state index contributed by atoms with van der Waals surface area (Å²) in [6.07, 6.45) is 0. The highest BCUT2D eigenvalue weighted by molar-refractivity contribution is 6.29. The zero-order chi connectivity index (χ0) is 12.4. The summed E-state index contributed by atoms with van der Waals surface area (Å²) < 4.78 is 18.3. The van der Waals surface area contributed by atoms with Crippen molar-refractivity contribution < 1.29 is 13.6 Å². The fourth-order valence-electron chi connectivity index (χ4n) is 1.36. The Morgan fingerprint density at radius 2 is 2.12 bits per heavy atom. The number of aryl methyl sites for hydroxylation is 1. The summed E-state index contributed by atoms with van der Waals surface area (Å²) >= 11 is 5.54. The summed E-state index contributed by atoms with van der Waals surface area (Å²) in [5.74, 6) is -1.00. The molecule has 3 nitrogen and oxygen atoms in total. The van der Waals surface area contributed by atoms with Gasteiger partial charge in [-0.25, -0.2) is 4.39 Å². The number of rotatable bonds is 2. The quantitative estimate of drug-likeness (QED) is 0.888. The fourth-order valence-corrected chi connectivity index (χ4v) is 1.50. The monoisotopic (exact) mass is 253 g/mol. The number of amides is 1. The zero-order valence-electron chi connectivity index (χ0n) is 8.96. The number of halogens is 2. The molecular weight excluding hydrogens is 245 g/mol. The number of furan rings is 1. The van der Waals surface area contributed by atoms with Gasteiger partial charge < -0.3 is 9.73 Å². The van der Waals surface area contributed by atoms with Crippen LogP contribution in [-0.4, -0.2) is 5.91 Å². The Kier molecular flexibility index (Phi) is 3.15. The molecule has 0 bridgehead atoms. The predicted molar refractivity (Wildman–Crippen MR) is 62.8 cm³/mol. The van der Waals surface area contributed by atoms with Gasteiger partial charge >= 0.3 is 0 Å². The molecule has 0 saturated heterocycles. The highest BCUT2D eigenvalue weighted by atomic mass is 35.5. The molecule has 0 fully saturated rings. The molecule has 17 heavy (non-hydrogen) atoms. The molecule has 1 aromatic carbocycles. The van der Waals surface area contributed by atoms with Gasteiger partial charge in [-0.2, -0.15) is 0 Å². The molecule has 1 N–H and O–H groups in total. The van der Waals surface area contributed by atoms with Gasteiger partial charge in [0.25, 0.3) is 5.91 Å². The van der Waals surface area contributed by atoms with Crippen molar-refractivity contribution in [1.29, 1.82) is 0 Å². The third-order valence-corrected chi connectivity index (χ3v) is 2.37. The Labute approximate surface area is 102 Å². The second kappa shape index (κ2) is 4.59. The molecular formula is C12H9ClFNO2. The SMILES string of the molecule is Cc1ccc(F)c(NC(=O)c2ccc(Cl)o2)c1. The van der Waals surface area contributed by atoms with Crippen LogP contribution in [0.4, 0.5) is 10.1 Å². The maximum absolute atomic E-state index is 13.4. The number of hydrogen-bond acceptors (Lipinski definition) is 2. The first-order valence-corrected chi connectivity index (χ1v) is 5.27. The highest BCUT2D eigenvalue weighted by Crippen LogP contribution is 2.18. The van der Waals surface area contributed by atoms with Crippen molar-refractivity contribution in [1.82, 2.24) is 0 Å². The average Bonchev–Trinajstić information content (AvgIpc) is 2.70. The van der Waals surface area contributed by atoms with Crippen LogP contribution < -0.4 is 5.32 Å². The van der Waals surface area contributed by atoms with E-state index in [2.05, 4.69) is 5.32 Å². The van der Waals surface area contributed by atoms with Gasteiger partial charge in [-0.05, 0) is 48.4 Å². The Bertz CT molecular complexity index is 565. The molecule has 0 spiro atoms. The van der Waals surface area contributed by atoms with E-state index in [0.29, 0.717) is 0 Å². The molecule has 1 aromatic heterocycles. The summed E-state index contributed by atoms with van der Waals surface area (Å²) in [5, 5.41) is 2.53. The van der Waals surface area contributed by atoms with Crippen LogP contribution in [0.15, 0.2) is 34.7 Å². The first kappa shape index (κ1) is 11.7. The Morgan fingerprint density at radius 1 is 1.35 bits per heavy atom. The van der Waals surface area contributed by atoms with Crippen molar-refractivity contribution in [3.63, 3.8) is 0 Å². The highest BCUT2D eigenvalue weighted by Gasteiger charge is 2.12. The van der Waals surface area contributed by atoms with E-state index in [4.69, 9.17) is 16.0 Å². The largest absolute Gasteiger partial charge is 0.440 e. The van der Waals surface area contributed by atoms with Crippen molar-refractivity contribution in [2.75, 3.05) is 5.32 Å². The molecule has 0 radical (unpaired) electrons. The second-order valence-corrected chi connectivity index (χ2v) is 3.91. The lowest BCUT2D eigenvalue weighted by Gasteiger charge is -2.05. The Hall–Kier alpha value is -1.81. The minimum absolute atomic E-state index is 0.0379. The number of anilines is 1. The van der Waals surface area contributed by atoms with Gasteiger partial charge in [0.1, 0.15) is 5.82 Å². The summed E-state index contributed by atoms with van der Waals surface area (Å²) in [5.41, 5.74) is 0.960. The Morgan fingerprint density at radius 3 is 2.76 bits per heavy atom. The maximum Gasteiger partial charge on any atom is 0.291 e. The van der Waals surface area contributed by atoms with E-state index in [1.54, 1.807) is 13.0 Å². The first-order chi connectivity index (χ1) is 8.06. The molecule has 1 heterocycles. The van der Waals surface area contributed by atoms with Crippen LogP contribution in [0.1, 0.15) is 16.1 Å². The molecule has 2 aromatic rings. The van der Waals surface area contributed by atoms with E-state index in [9.17, 15) is 9.18 Å². The van der Waals surface area contributed by atoms with Crippen molar-refractivity contribution in [2.45, 2.75) is 6.92 Å². The van der Waals surface area contributed by atoms with E-state index < -0.39 is 11.7 Å². The van der Waals surface area contributed by atoms with Crippen LogP contribution in [0, 0.1) is 12.7 Å². The summed E-state index contributed by atoms with van der Waals surface area (Å²) in [4.78, 5) is 11.7. The first-order valence-electron chi connectivity index (χ1n) is 4.89. The van der Waals surface area contributed by atoms with Gasteiger partial charge in [-0.3, -0.25) is 4.79 Å². The van der Waals surface area contributed by atoms with E-state index in [1.165, 1.54) is 24.3 Å². The molecule has 0 aliphatic rings. The average molecular weight is 254 g/mol. The fraction of sp³-hybridized carbons (Fsp3) is 0.0833. The smallest absolute Gasteiger partial charge is 0.291 e.